The third kappa shape index (κ3) is 3.17. The lowest BCUT2D eigenvalue weighted by Crippen LogP contribution is -2.22. The van der Waals surface area contributed by atoms with E-state index in [4.69, 9.17) is 4.74 Å². The van der Waals surface area contributed by atoms with Crippen molar-refractivity contribution in [2.45, 2.75) is 25.9 Å². The number of hydrogen-bond donors (Lipinski definition) is 1. The van der Waals surface area contributed by atoms with Crippen molar-refractivity contribution in [1.82, 2.24) is 15.1 Å². The molecule has 5 heteroatoms. The Balaban J connectivity index is 2.15. The first kappa shape index (κ1) is 14.5. The third-order valence-electron chi connectivity index (χ3n) is 3.38. The molecule has 1 N–H and O–H groups in total. The Hall–Kier alpha value is -1.88. The van der Waals surface area contributed by atoms with Crippen LogP contribution < -0.4 is 10.1 Å². The molecule has 2 aromatic rings. The van der Waals surface area contributed by atoms with Crippen molar-refractivity contribution in [3.8, 4) is 5.75 Å². The first-order valence-corrected chi connectivity index (χ1v) is 6.59. The zero-order chi connectivity index (χ0) is 14.7. The standard InChI is InChI=1S/C15H20FN3O/c1-10(12-8-17-19(3)9-12)18-11(2)14-7-13(16)5-6-15(14)20-4/h5-11,18H,1-4H3. The van der Waals surface area contributed by atoms with Crippen molar-refractivity contribution < 1.29 is 9.13 Å². The molecule has 0 aliphatic rings. The fourth-order valence-corrected chi connectivity index (χ4v) is 2.27. The number of ether oxygens (including phenoxy) is 1. The summed E-state index contributed by atoms with van der Waals surface area (Å²) < 4.78 is 20.5. The molecule has 0 spiro atoms. The summed E-state index contributed by atoms with van der Waals surface area (Å²) >= 11 is 0. The van der Waals surface area contributed by atoms with Gasteiger partial charge in [-0.25, -0.2) is 4.39 Å². The van der Waals surface area contributed by atoms with Crippen molar-refractivity contribution in [2.75, 3.05) is 7.11 Å². The number of nitrogens with one attached hydrogen (secondary N) is 1. The maximum atomic E-state index is 13.4. The van der Waals surface area contributed by atoms with E-state index >= 15 is 0 Å². The first-order chi connectivity index (χ1) is 9.51. The van der Waals surface area contributed by atoms with E-state index < -0.39 is 0 Å². The average molecular weight is 277 g/mol. The Kier molecular flexibility index (Phi) is 4.39. The summed E-state index contributed by atoms with van der Waals surface area (Å²) in [5.41, 5.74) is 1.90. The van der Waals surface area contributed by atoms with Gasteiger partial charge in [-0.2, -0.15) is 5.10 Å². The molecule has 0 saturated carbocycles. The fraction of sp³-hybridized carbons (Fsp3) is 0.400. The van der Waals surface area contributed by atoms with Crippen LogP contribution in [0.1, 0.15) is 37.1 Å². The van der Waals surface area contributed by atoms with Crippen LogP contribution in [0.5, 0.6) is 5.75 Å². The summed E-state index contributed by atoms with van der Waals surface area (Å²) in [6.07, 6.45) is 3.79. The van der Waals surface area contributed by atoms with Crippen LogP contribution >= 0.6 is 0 Å². The minimum absolute atomic E-state index is 0.0316. The van der Waals surface area contributed by atoms with Crippen LogP contribution in [-0.4, -0.2) is 16.9 Å². The number of nitrogens with zero attached hydrogens (tertiary/aromatic N) is 2. The smallest absolute Gasteiger partial charge is 0.123 e. The van der Waals surface area contributed by atoms with E-state index in [1.807, 2.05) is 26.4 Å². The second-order valence-electron chi connectivity index (χ2n) is 4.94. The minimum Gasteiger partial charge on any atom is -0.496 e. The van der Waals surface area contributed by atoms with E-state index in [1.54, 1.807) is 17.9 Å². The van der Waals surface area contributed by atoms with Crippen LogP contribution in [0.2, 0.25) is 0 Å². The maximum absolute atomic E-state index is 13.4. The van der Waals surface area contributed by atoms with E-state index in [-0.39, 0.29) is 17.9 Å². The molecule has 0 fully saturated rings. The number of halogens is 1. The summed E-state index contributed by atoms with van der Waals surface area (Å²) in [5.74, 6) is 0.424. The number of aromatic nitrogens is 2. The van der Waals surface area contributed by atoms with Gasteiger partial charge in [0, 0.05) is 36.5 Å². The average Bonchev–Trinajstić information content (AvgIpc) is 2.85. The zero-order valence-electron chi connectivity index (χ0n) is 12.2. The molecule has 0 aliphatic heterocycles. The fourth-order valence-electron chi connectivity index (χ4n) is 2.27. The van der Waals surface area contributed by atoms with Gasteiger partial charge in [0.25, 0.3) is 0 Å². The quantitative estimate of drug-likeness (QED) is 0.913. The van der Waals surface area contributed by atoms with Crippen LogP contribution in [-0.2, 0) is 7.05 Å². The Bertz CT molecular complexity index is 582. The monoisotopic (exact) mass is 277 g/mol. The molecule has 0 bridgehead atoms. The second-order valence-corrected chi connectivity index (χ2v) is 4.94. The largest absolute Gasteiger partial charge is 0.496 e. The molecule has 1 heterocycles. The summed E-state index contributed by atoms with van der Waals surface area (Å²) in [6, 6.07) is 4.64. The number of aryl methyl sites for hydroxylation is 1. The molecule has 1 aromatic carbocycles. The Morgan fingerprint density at radius 2 is 2.05 bits per heavy atom. The lowest BCUT2D eigenvalue weighted by Gasteiger charge is -2.21. The topological polar surface area (TPSA) is 39.1 Å². The summed E-state index contributed by atoms with van der Waals surface area (Å²) in [6.45, 7) is 4.05. The van der Waals surface area contributed by atoms with Crippen molar-refractivity contribution in [2.24, 2.45) is 7.05 Å². The highest BCUT2D eigenvalue weighted by atomic mass is 19.1. The van der Waals surface area contributed by atoms with Gasteiger partial charge in [0.2, 0.25) is 0 Å². The van der Waals surface area contributed by atoms with Gasteiger partial charge in [0.05, 0.1) is 13.3 Å². The lowest BCUT2D eigenvalue weighted by atomic mass is 10.0. The molecule has 2 rings (SSSR count). The van der Waals surface area contributed by atoms with Crippen LogP contribution in [0, 0.1) is 5.82 Å². The minimum atomic E-state index is -0.261. The highest BCUT2D eigenvalue weighted by Gasteiger charge is 2.16. The van der Waals surface area contributed by atoms with Crippen molar-refractivity contribution in [3.05, 3.63) is 47.5 Å². The van der Waals surface area contributed by atoms with Crippen molar-refractivity contribution in [1.29, 1.82) is 0 Å². The van der Waals surface area contributed by atoms with Gasteiger partial charge >= 0.3 is 0 Å². The van der Waals surface area contributed by atoms with E-state index in [9.17, 15) is 4.39 Å². The highest BCUT2D eigenvalue weighted by molar-refractivity contribution is 5.36. The predicted octanol–water partition coefficient (Wildman–Crippen LogP) is 2.98. The molecule has 2 unspecified atom stereocenters. The molecule has 20 heavy (non-hydrogen) atoms. The third-order valence-corrected chi connectivity index (χ3v) is 3.38. The van der Waals surface area contributed by atoms with Gasteiger partial charge in [-0.15, -0.1) is 0 Å². The molecular weight excluding hydrogens is 257 g/mol. The Labute approximate surface area is 118 Å². The van der Waals surface area contributed by atoms with E-state index in [1.165, 1.54) is 12.1 Å². The molecular formula is C15H20FN3O. The predicted molar refractivity (Wildman–Crippen MR) is 76.1 cm³/mol. The molecule has 0 saturated heterocycles. The molecule has 108 valence electrons. The van der Waals surface area contributed by atoms with Crippen LogP contribution in [0.3, 0.4) is 0 Å². The van der Waals surface area contributed by atoms with Gasteiger partial charge < -0.3 is 10.1 Å². The van der Waals surface area contributed by atoms with Gasteiger partial charge in [-0.1, -0.05) is 0 Å². The molecule has 0 aliphatic carbocycles. The second kappa shape index (κ2) is 6.05. The Morgan fingerprint density at radius 3 is 2.65 bits per heavy atom. The van der Waals surface area contributed by atoms with Crippen LogP contribution in [0.4, 0.5) is 4.39 Å². The normalized spacial score (nSPS) is 14.1. The van der Waals surface area contributed by atoms with E-state index in [2.05, 4.69) is 17.3 Å². The van der Waals surface area contributed by atoms with Gasteiger partial charge in [0.1, 0.15) is 11.6 Å². The summed E-state index contributed by atoms with van der Waals surface area (Å²) in [5, 5.41) is 7.59. The van der Waals surface area contributed by atoms with E-state index in [0.29, 0.717) is 5.75 Å². The SMILES string of the molecule is COc1ccc(F)cc1C(C)NC(C)c1cnn(C)c1. The van der Waals surface area contributed by atoms with Crippen molar-refractivity contribution in [3.63, 3.8) is 0 Å². The van der Waals surface area contributed by atoms with Gasteiger partial charge in [0.15, 0.2) is 0 Å². The number of hydrogen-bond acceptors (Lipinski definition) is 3. The van der Waals surface area contributed by atoms with Gasteiger partial charge in [-0.3, -0.25) is 4.68 Å². The Morgan fingerprint density at radius 1 is 1.30 bits per heavy atom. The van der Waals surface area contributed by atoms with Crippen molar-refractivity contribution >= 4 is 0 Å². The first-order valence-electron chi connectivity index (χ1n) is 6.59. The molecule has 0 radical (unpaired) electrons. The zero-order valence-corrected chi connectivity index (χ0v) is 12.2. The highest BCUT2D eigenvalue weighted by Crippen LogP contribution is 2.27. The molecule has 2 atom stereocenters. The van der Waals surface area contributed by atoms with Crippen LogP contribution in [0.15, 0.2) is 30.6 Å². The number of methoxy groups -OCH3 is 1. The number of benzene rings is 1. The molecule has 4 nitrogen and oxygen atoms in total. The maximum Gasteiger partial charge on any atom is 0.123 e. The number of rotatable bonds is 5. The van der Waals surface area contributed by atoms with Crippen LogP contribution in [0.25, 0.3) is 0 Å². The lowest BCUT2D eigenvalue weighted by molar-refractivity contribution is 0.395. The van der Waals surface area contributed by atoms with E-state index in [0.717, 1.165) is 11.1 Å². The summed E-state index contributed by atoms with van der Waals surface area (Å²) in [7, 11) is 3.48. The molecule has 0 amide bonds. The molecule has 1 aromatic heterocycles. The van der Waals surface area contributed by atoms with Gasteiger partial charge in [-0.05, 0) is 32.0 Å². The summed E-state index contributed by atoms with van der Waals surface area (Å²) in [4.78, 5) is 0.